The van der Waals surface area contributed by atoms with Gasteiger partial charge in [-0.25, -0.2) is 0 Å². The zero-order chi connectivity index (χ0) is 60.1. The Labute approximate surface area is 518 Å². The summed E-state index contributed by atoms with van der Waals surface area (Å²) >= 11 is 0. The minimum Gasteiger partial charge on any atom is -0.466 e. The van der Waals surface area contributed by atoms with Gasteiger partial charge in [0.2, 0.25) is 0 Å². The van der Waals surface area contributed by atoms with E-state index >= 15 is 0 Å². The first-order chi connectivity index (χ1) is 42.2. The number of ether oxygens (including phenoxy) is 2. The van der Waals surface area contributed by atoms with Crippen LogP contribution in [0.1, 0.15) is 26.7 Å². The Morgan fingerprint density at radius 1 is 0.310 bits per heavy atom. The van der Waals surface area contributed by atoms with Crippen molar-refractivity contribution in [1.29, 1.82) is 0 Å². The molecule has 4 fully saturated rings. The Hall–Kier alpha value is -5.65. The summed E-state index contributed by atoms with van der Waals surface area (Å²) in [5, 5.41) is 4.34. The van der Waals surface area contributed by atoms with E-state index in [1.807, 2.05) is 256 Å². The van der Waals surface area contributed by atoms with Gasteiger partial charge in [0.05, 0.1) is 13.2 Å². The zero-order valence-electron chi connectivity index (χ0n) is 48.3. The maximum Gasteiger partial charge on any atom is 0.515 e. The van der Waals surface area contributed by atoms with Crippen molar-refractivity contribution in [3.63, 3.8) is 0 Å². The predicted octanol–water partition coefficient (Wildman–Crippen LogP) is 5.17. The van der Waals surface area contributed by atoms with E-state index in [2.05, 4.69) is 0 Å². The molecule has 27 heteroatoms. The number of hydrogen-bond acceptors (Lipinski definition) is 17. The molecule has 4 aliphatic heterocycles. The lowest BCUT2D eigenvalue weighted by Gasteiger charge is -2.57. The van der Waals surface area contributed by atoms with Gasteiger partial charge in [-0.3, -0.25) is 9.59 Å². The van der Waals surface area contributed by atoms with Gasteiger partial charge < -0.3 is 63.0 Å². The Morgan fingerprint density at radius 2 is 0.540 bits per heavy atom. The molecule has 0 spiro atoms. The number of rotatable bonds is 16. The molecule has 0 saturated carbocycles. The van der Waals surface area contributed by atoms with Gasteiger partial charge >= 0.3 is 100 Å². The highest BCUT2D eigenvalue weighted by Gasteiger charge is 2.78. The second-order valence-electron chi connectivity index (χ2n) is 21.3. The van der Waals surface area contributed by atoms with Crippen molar-refractivity contribution in [3.05, 3.63) is 243 Å². The molecule has 446 valence electrons. The normalized spacial score (nSPS) is 29.4. The SMILES string of the molecule is CC(=O)OCCC[Si]1(C)O[Si](c2ccccc2)O[Si]2(c3ccccc3)O[Si]3(c4ccccc4)O[Si](c4ccccc4)O[Si]4(c5ccccc5)O[Si](c5ccccc5)(O1)O[Si](c1ccccc1)(O2)O[Si](c1ccccc1)(O[Si](C)(CCCOC(C)=O)O3)O4. The largest absolute Gasteiger partial charge is 0.515 e. The summed E-state index contributed by atoms with van der Waals surface area (Å²) in [7, 11) is -44.8. The van der Waals surface area contributed by atoms with Crippen LogP contribution < -0.4 is 41.5 Å². The molecule has 2 radical (unpaired) electrons. The summed E-state index contributed by atoms with van der Waals surface area (Å²) < 4.78 is 119. The Kier molecular flexibility index (Phi) is 18.4. The topological polar surface area (TPSA) is 173 Å². The lowest BCUT2D eigenvalue weighted by Crippen LogP contribution is -2.89. The van der Waals surface area contributed by atoms with Gasteiger partial charge in [0, 0.05) is 45.0 Å². The van der Waals surface area contributed by atoms with E-state index < -0.39 is 100 Å². The summed E-state index contributed by atoms with van der Waals surface area (Å²) in [4.78, 5) is 25.1. The molecule has 12 rings (SSSR count). The molecule has 0 aromatic heterocycles. The quantitative estimate of drug-likeness (QED) is 0.0704. The number of hydrogen-bond donors (Lipinski definition) is 0. The van der Waals surface area contributed by atoms with Gasteiger partial charge in [0.1, 0.15) is 0 Å². The van der Waals surface area contributed by atoms with Gasteiger partial charge in [-0.2, -0.15) is 0 Å². The fraction of sp³-hybridized carbons (Fsp3) is 0.167. The second kappa shape index (κ2) is 26.1. The van der Waals surface area contributed by atoms with E-state index in [1.165, 1.54) is 13.8 Å². The highest BCUT2D eigenvalue weighted by molar-refractivity contribution is 7.09. The van der Waals surface area contributed by atoms with Crippen molar-refractivity contribution in [1.82, 2.24) is 0 Å². The summed E-state index contributed by atoms with van der Waals surface area (Å²) in [5.41, 5.74) is 0. The van der Waals surface area contributed by atoms with Crippen LogP contribution in [0.25, 0.3) is 0 Å². The van der Waals surface area contributed by atoms with Gasteiger partial charge in [-0.15, -0.1) is 0 Å². The average molecular weight is 1340 g/mol. The summed E-state index contributed by atoms with van der Waals surface area (Å²) in [6, 6.07) is 77.2. The first-order valence-corrected chi connectivity index (χ1v) is 46.7. The minimum absolute atomic E-state index is 0.0366. The predicted molar refractivity (Wildman–Crippen MR) is 344 cm³/mol. The van der Waals surface area contributed by atoms with Crippen molar-refractivity contribution in [3.8, 4) is 0 Å². The molecule has 0 amide bonds. The smallest absolute Gasteiger partial charge is 0.466 e. The van der Waals surface area contributed by atoms with Crippen molar-refractivity contribution < 1.29 is 72.6 Å². The van der Waals surface area contributed by atoms with E-state index in [0.717, 1.165) is 0 Å². The minimum atomic E-state index is -5.22. The van der Waals surface area contributed by atoms with Crippen molar-refractivity contribution in [2.75, 3.05) is 13.2 Å². The summed E-state index contributed by atoms with van der Waals surface area (Å²) in [5.74, 6) is -0.862. The van der Waals surface area contributed by atoms with Crippen LogP contribution in [0.3, 0.4) is 0 Å². The monoisotopic (exact) mass is 1340 g/mol. The van der Waals surface area contributed by atoms with Crippen LogP contribution >= 0.6 is 0 Å². The van der Waals surface area contributed by atoms with Crippen LogP contribution in [-0.4, -0.2) is 114 Å². The highest BCUT2D eigenvalue weighted by Crippen LogP contribution is 2.44. The fourth-order valence-electron chi connectivity index (χ4n) is 10.7. The van der Waals surface area contributed by atoms with Crippen LogP contribution in [-0.2, 0) is 72.6 Å². The number of esters is 2. The molecule has 4 aliphatic rings. The van der Waals surface area contributed by atoms with Crippen LogP contribution in [0, 0.1) is 0 Å². The average Bonchev–Trinajstić information content (AvgIpc) is 0.806. The Balaban J connectivity index is 1.31. The molecular weight excluding hydrogens is 1270 g/mol. The van der Waals surface area contributed by atoms with Crippen molar-refractivity contribution >= 4 is 142 Å². The molecule has 8 aromatic rings. The van der Waals surface area contributed by atoms with Crippen molar-refractivity contribution in [2.45, 2.75) is 51.9 Å². The maximum absolute atomic E-state index is 12.6. The lowest BCUT2D eigenvalue weighted by atomic mass is 10.4. The van der Waals surface area contributed by atoms with Gasteiger partial charge in [0.15, 0.2) is 0 Å². The number of benzene rings is 8. The molecule has 17 nitrogen and oxygen atoms in total. The van der Waals surface area contributed by atoms with Gasteiger partial charge in [-0.05, 0) is 48.4 Å². The molecule has 8 unspecified atom stereocenters. The summed E-state index contributed by atoms with van der Waals surface area (Å²) in [6.45, 7) is 6.79. The number of carbonyl (C=O) groups is 2. The van der Waals surface area contributed by atoms with E-state index in [4.69, 9.17) is 63.0 Å². The molecule has 8 atom stereocenters. The molecule has 0 N–H and O–H groups in total. The zero-order valence-corrected chi connectivity index (χ0v) is 58.3. The van der Waals surface area contributed by atoms with E-state index in [0.29, 0.717) is 47.9 Å². The van der Waals surface area contributed by atoms with Crippen LogP contribution in [0.4, 0.5) is 0 Å². The molecule has 0 aliphatic carbocycles. The molecule has 87 heavy (non-hydrogen) atoms. The van der Waals surface area contributed by atoms with Crippen LogP contribution in [0.15, 0.2) is 243 Å². The third-order valence-electron chi connectivity index (χ3n) is 14.6. The summed E-state index contributed by atoms with van der Waals surface area (Å²) in [6.07, 6.45) is 0.600. The number of carbonyl (C=O) groups excluding carboxylic acids is 2. The van der Waals surface area contributed by atoms with Gasteiger partial charge in [-0.1, -0.05) is 243 Å². The van der Waals surface area contributed by atoms with Crippen molar-refractivity contribution in [2.24, 2.45) is 0 Å². The Bertz CT molecular complexity index is 3560. The molecule has 8 aromatic carbocycles. The Morgan fingerprint density at radius 3 is 0.874 bits per heavy atom. The molecule has 4 saturated heterocycles. The lowest BCUT2D eigenvalue weighted by molar-refractivity contribution is -0.141. The van der Waals surface area contributed by atoms with Crippen LogP contribution in [0.5, 0.6) is 0 Å². The maximum atomic E-state index is 12.6. The van der Waals surface area contributed by atoms with E-state index in [1.54, 1.807) is 0 Å². The van der Waals surface area contributed by atoms with Gasteiger partial charge in [0.25, 0.3) is 0 Å². The highest BCUT2D eigenvalue weighted by atomic mass is 28.6. The third-order valence-corrected chi connectivity index (χ3v) is 54.2. The first-order valence-electron chi connectivity index (χ1n) is 28.7. The van der Waals surface area contributed by atoms with Crippen LogP contribution in [0.2, 0.25) is 25.2 Å². The van der Waals surface area contributed by atoms with E-state index in [-0.39, 0.29) is 31.7 Å². The third kappa shape index (κ3) is 13.3. The molecule has 4 heterocycles. The molecule has 6 bridgehead atoms. The number of fused-ring (bicyclic) bond motifs is 6. The standard InChI is InChI=1S/C60H64O17Si10/c1-51(61)63-47-29-49-80(3)65-78(53-31-13-5-14-32-53)66-83(56-37-19-8-20-38-56)72-82(55-35-17-7-18-36-55)67-79(54-33-15-6-16-34-54)68-84(57-39-21-9-22-40-57)73-85(69-80,58-41-23-10-24-42-58)76-87(75-83,60-45-27-12-28-46-60)77-86(74-84,59-43-25-11-26-44-59)71-81(4,70-82)50-30-48-64-52(2)62/h5-28,31-46H,29-30,47-50H2,1-4H3. The molecular formula is C60H64O17Si10. The second-order valence-corrected chi connectivity index (χ2v) is 49.9. The first kappa shape index (κ1) is 61.6. The fourth-order valence-corrected chi connectivity index (χ4v) is 60.5. The van der Waals surface area contributed by atoms with E-state index in [9.17, 15) is 9.59 Å².